The Bertz CT molecular complexity index is 855. The number of carbonyl (C=O) groups is 1. The first-order chi connectivity index (χ1) is 10.6. The molecular formula is C17H15FN2O2. The fourth-order valence-corrected chi connectivity index (χ4v) is 2.29. The molecular weight excluding hydrogens is 283 g/mol. The molecule has 2 N–H and O–H groups in total. The van der Waals surface area contributed by atoms with E-state index in [-0.39, 0.29) is 11.7 Å². The van der Waals surface area contributed by atoms with Gasteiger partial charge < -0.3 is 15.0 Å². The van der Waals surface area contributed by atoms with Gasteiger partial charge in [0.15, 0.2) is 0 Å². The van der Waals surface area contributed by atoms with Gasteiger partial charge in [-0.1, -0.05) is 6.07 Å². The fraction of sp³-hybridized carbons (Fsp3) is 0.118. The zero-order valence-corrected chi connectivity index (χ0v) is 12.2. The zero-order valence-electron chi connectivity index (χ0n) is 12.2. The van der Waals surface area contributed by atoms with E-state index in [1.807, 2.05) is 18.2 Å². The Hall–Kier alpha value is -2.82. The van der Waals surface area contributed by atoms with Crippen LogP contribution in [0.1, 0.15) is 16.1 Å². The number of fused-ring (bicyclic) bond motifs is 1. The summed E-state index contributed by atoms with van der Waals surface area (Å²) in [5, 5.41) is 3.59. The topological polar surface area (TPSA) is 54.1 Å². The smallest absolute Gasteiger partial charge is 0.272 e. The largest absolute Gasteiger partial charge is 0.497 e. The fourth-order valence-electron chi connectivity index (χ4n) is 2.29. The summed E-state index contributed by atoms with van der Waals surface area (Å²) >= 11 is 0. The predicted molar refractivity (Wildman–Crippen MR) is 83.9 cm³/mol. The van der Waals surface area contributed by atoms with Gasteiger partial charge in [-0.2, -0.15) is 0 Å². The van der Waals surface area contributed by atoms with E-state index in [2.05, 4.69) is 10.3 Å². The van der Waals surface area contributed by atoms with E-state index in [1.54, 1.807) is 32.2 Å². The van der Waals surface area contributed by atoms with Crippen molar-refractivity contribution < 1.29 is 13.9 Å². The van der Waals surface area contributed by atoms with E-state index in [1.165, 1.54) is 6.07 Å². The van der Waals surface area contributed by atoms with E-state index in [0.717, 1.165) is 16.7 Å². The van der Waals surface area contributed by atoms with Crippen molar-refractivity contribution in [3.8, 4) is 5.75 Å². The van der Waals surface area contributed by atoms with Crippen LogP contribution in [0.4, 0.5) is 10.1 Å². The van der Waals surface area contributed by atoms with E-state index in [0.29, 0.717) is 16.9 Å². The molecule has 5 heteroatoms. The molecule has 0 atom stereocenters. The summed E-state index contributed by atoms with van der Waals surface area (Å²) in [5.41, 5.74) is 2.11. The Morgan fingerprint density at radius 2 is 2.05 bits per heavy atom. The monoisotopic (exact) mass is 298 g/mol. The highest BCUT2D eigenvalue weighted by atomic mass is 19.1. The molecule has 1 aromatic heterocycles. The van der Waals surface area contributed by atoms with E-state index in [4.69, 9.17) is 4.74 Å². The molecule has 0 aliphatic rings. The molecule has 22 heavy (non-hydrogen) atoms. The first-order valence-electron chi connectivity index (χ1n) is 6.81. The minimum absolute atomic E-state index is 0.316. The second kappa shape index (κ2) is 5.52. The maximum Gasteiger partial charge on any atom is 0.272 e. The van der Waals surface area contributed by atoms with Crippen LogP contribution in [-0.2, 0) is 0 Å². The normalized spacial score (nSPS) is 10.7. The quantitative estimate of drug-likeness (QED) is 0.771. The molecule has 1 amide bonds. The number of halogens is 1. The van der Waals surface area contributed by atoms with Gasteiger partial charge in [0.2, 0.25) is 0 Å². The van der Waals surface area contributed by atoms with Gasteiger partial charge >= 0.3 is 0 Å². The minimum Gasteiger partial charge on any atom is -0.497 e. The van der Waals surface area contributed by atoms with Gasteiger partial charge in [0.1, 0.15) is 17.3 Å². The number of ether oxygens (including phenoxy) is 1. The number of nitrogens with one attached hydrogen (secondary N) is 2. The Morgan fingerprint density at radius 1 is 1.23 bits per heavy atom. The number of aromatic nitrogens is 1. The second-order valence-corrected chi connectivity index (χ2v) is 5.00. The lowest BCUT2D eigenvalue weighted by molar-refractivity contribution is 0.102. The number of anilines is 1. The molecule has 0 aliphatic heterocycles. The van der Waals surface area contributed by atoms with Gasteiger partial charge in [-0.05, 0) is 43.3 Å². The van der Waals surface area contributed by atoms with Crippen LogP contribution >= 0.6 is 0 Å². The number of hydrogen-bond acceptors (Lipinski definition) is 2. The standard InChI is InChI=1S/C17H15FN2O2/c1-10-13(18)4-3-5-14(10)20-17(21)16-9-11-8-12(22-2)6-7-15(11)19-16/h3-9,19H,1-2H3,(H,20,21). The highest BCUT2D eigenvalue weighted by Gasteiger charge is 2.12. The summed E-state index contributed by atoms with van der Waals surface area (Å²) in [5.74, 6) is 0.0579. The molecule has 0 saturated carbocycles. The third-order valence-corrected chi connectivity index (χ3v) is 3.59. The molecule has 0 radical (unpaired) electrons. The summed E-state index contributed by atoms with van der Waals surface area (Å²) in [6.45, 7) is 1.63. The molecule has 0 unspecified atom stereocenters. The summed E-state index contributed by atoms with van der Waals surface area (Å²) in [6.07, 6.45) is 0. The molecule has 0 saturated heterocycles. The van der Waals surface area contributed by atoms with Crippen LogP contribution in [0.5, 0.6) is 5.75 Å². The number of aromatic amines is 1. The highest BCUT2D eigenvalue weighted by Crippen LogP contribution is 2.23. The number of methoxy groups -OCH3 is 1. The summed E-state index contributed by atoms with van der Waals surface area (Å²) in [7, 11) is 1.59. The third kappa shape index (κ3) is 2.53. The average molecular weight is 298 g/mol. The number of H-pyrrole nitrogens is 1. The van der Waals surface area contributed by atoms with Crippen LogP contribution in [0, 0.1) is 12.7 Å². The molecule has 0 spiro atoms. The van der Waals surface area contributed by atoms with Crippen LogP contribution in [0.15, 0.2) is 42.5 Å². The van der Waals surface area contributed by atoms with Crippen molar-refractivity contribution in [2.75, 3.05) is 12.4 Å². The first kappa shape index (κ1) is 14.1. The van der Waals surface area contributed by atoms with Gasteiger partial charge in [-0.25, -0.2) is 4.39 Å². The zero-order chi connectivity index (χ0) is 15.7. The van der Waals surface area contributed by atoms with Crippen molar-refractivity contribution in [1.82, 2.24) is 4.98 Å². The number of hydrogen-bond donors (Lipinski definition) is 2. The average Bonchev–Trinajstić information content (AvgIpc) is 2.94. The number of benzene rings is 2. The van der Waals surface area contributed by atoms with E-state index in [9.17, 15) is 9.18 Å². The number of amides is 1. The van der Waals surface area contributed by atoms with Gasteiger partial charge in [-0.15, -0.1) is 0 Å². The first-order valence-corrected chi connectivity index (χ1v) is 6.81. The van der Waals surface area contributed by atoms with Gasteiger partial charge in [0.25, 0.3) is 5.91 Å². The predicted octanol–water partition coefficient (Wildman–Crippen LogP) is 3.88. The van der Waals surface area contributed by atoms with Crippen LogP contribution in [0.25, 0.3) is 10.9 Å². The maximum atomic E-state index is 13.5. The van der Waals surface area contributed by atoms with E-state index < -0.39 is 0 Å². The molecule has 2 aromatic carbocycles. The highest BCUT2D eigenvalue weighted by molar-refractivity contribution is 6.06. The maximum absolute atomic E-state index is 13.5. The van der Waals surface area contributed by atoms with Gasteiger partial charge in [-0.3, -0.25) is 4.79 Å². The lowest BCUT2D eigenvalue weighted by Gasteiger charge is -2.07. The van der Waals surface area contributed by atoms with Gasteiger partial charge in [0.05, 0.1) is 7.11 Å². The summed E-state index contributed by atoms with van der Waals surface area (Å²) in [4.78, 5) is 15.3. The molecule has 3 aromatic rings. The Kier molecular flexibility index (Phi) is 3.55. The van der Waals surface area contributed by atoms with Crippen LogP contribution in [0.3, 0.4) is 0 Å². The van der Waals surface area contributed by atoms with Crippen LogP contribution in [0.2, 0.25) is 0 Å². The van der Waals surface area contributed by atoms with Crippen molar-refractivity contribution in [3.05, 3.63) is 59.5 Å². The van der Waals surface area contributed by atoms with Crippen molar-refractivity contribution in [1.29, 1.82) is 0 Å². The Labute approximate surface area is 126 Å². The van der Waals surface area contributed by atoms with Crippen LogP contribution < -0.4 is 10.1 Å². The SMILES string of the molecule is COc1ccc2[nH]c(C(=O)Nc3cccc(F)c3C)cc2c1. The molecule has 112 valence electrons. The number of carbonyl (C=O) groups excluding carboxylic acids is 1. The van der Waals surface area contributed by atoms with Crippen molar-refractivity contribution >= 4 is 22.5 Å². The van der Waals surface area contributed by atoms with Crippen LogP contribution in [-0.4, -0.2) is 18.0 Å². The van der Waals surface area contributed by atoms with Crippen molar-refractivity contribution in [2.45, 2.75) is 6.92 Å². The number of rotatable bonds is 3. The van der Waals surface area contributed by atoms with Crippen molar-refractivity contribution in [2.24, 2.45) is 0 Å². The van der Waals surface area contributed by atoms with Gasteiger partial charge in [0, 0.05) is 22.2 Å². The summed E-state index contributed by atoms with van der Waals surface area (Å²) < 4.78 is 18.7. The Morgan fingerprint density at radius 3 is 2.82 bits per heavy atom. The molecule has 0 fully saturated rings. The molecule has 1 heterocycles. The molecule has 0 bridgehead atoms. The Balaban J connectivity index is 1.90. The lowest BCUT2D eigenvalue weighted by atomic mass is 10.2. The summed E-state index contributed by atoms with van der Waals surface area (Å²) in [6, 6.07) is 11.8. The minimum atomic E-state index is -0.348. The molecule has 4 nitrogen and oxygen atoms in total. The van der Waals surface area contributed by atoms with Crippen molar-refractivity contribution in [3.63, 3.8) is 0 Å². The molecule has 3 rings (SSSR count). The third-order valence-electron chi connectivity index (χ3n) is 3.59. The van der Waals surface area contributed by atoms with E-state index >= 15 is 0 Å². The second-order valence-electron chi connectivity index (χ2n) is 5.00. The molecule has 0 aliphatic carbocycles. The lowest BCUT2D eigenvalue weighted by Crippen LogP contribution is -2.13.